The summed E-state index contributed by atoms with van der Waals surface area (Å²) in [5.74, 6) is -1.59. The largest absolute Gasteiger partial charge is 0.452 e. The quantitative estimate of drug-likeness (QED) is 0.562. The molecule has 10 heteroatoms. The number of imide groups is 1. The van der Waals surface area contributed by atoms with Gasteiger partial charge >= 0.3 is 12.0 Å². The van der Waals surface area contributed by atoms with Crippen LogP contribution in [0.2, 0.25) is 0 Å². The van der Waals surface area contributed by atoms with E-state index in [1.165, 1.54) is 24.3 Å². The Bertz CT molecular complexity index is 774. The van der Waals surface area contributed by atoms with Crippen LogP contribution in [0.25, 0.3) is 0 Å². The molecule has 3 amide bonds. The molecule has 0 saturated carbocycles. The molecule has 0 saturated heterocycles. The van der Waals surface area contributed by atoms with Crippen molar-refractivity contribution in [1.29, 1.82) is 0 Å². The molecule has 0 heterocycles. The molecule has 1 aromatic rings. The van der Waals surface area contributed by atoms with Crippen LogP contribution in [0.5, 0.6) is 0 Å². The topological polar surface area (TPSA) is 131 Å². The van der Waals surface area contributed by atoms with Crippen LogP contribution in [0.3, 0.4) is 0 Å². The lowest BCUT2D eigenvalue weighted by Crippen LogP contribution is -2.44. The molecule has 0 aromatic heterocycles. The van der Waals surface area contributed by atoms with Gasteiger partial charge in [0, 0.05) is 12.1 Å². The first-order valence-electron chi connectivity index (χ1n) is 8.45. The van der Waals surface area contributed by atoms with Gasteiger partial charge in [-0.15, -0.1) is 0 Å². The zero-order chi connectivity index (χ0) is 20.6. The Morgan fingerprint density at radius 3 is 2.19 bits per heavy atom. The zero-order valence-electron chi connectivity index (χ0n) is 15.7. The van der Waals surface area contributed by atoms with E-state index < -0.39 is 34.5 Å². The van der Waals surface area contributed by atoms with Crippen LogP contribution in [0.1, 0.15) is 44.5 Å². The maximum atomic E-state index is 12.2. The number of hydrogen-bond acceptors (Lipinski definition) is 6. The summed E-state index contributed by atoms with van der Waals surface area (Å²) < 4.78 is 31.6. The first kappa shape index (κ1) is 22.6. The smallest absolute Gasteiger partial charge is 0.338 e. The molecule has 1 atom stereocenters. The molecule has 0 radical (unpaired) electrons. The van der Waals surface area contributed by atoms with Crippen molar-refractivity contribution in [3.8, 4) is 0 Å². The van der Waals surface area contributed by atoms with Gasteiger partial charge in [-0.25, -0.2) is 22.7 Å². The monoisotopic (exact) mass is 399 g/mol. The molecule has 150 valence electrons. The number of urea groups is 1. The van der Waals surface area contributed by atoms with Crippen molar-refractivity contribution in [2.24, 2.45) is 0 Å². The molecular weight excluding hydrogens is 374 g/mol. The summed E-state index contributed by atoms with van der Waals surface area (Å²) in [6.07, 6.45) is 0.640. The average Bonchev–Trinajstić information content (AvgIpc) is 2.58. The Balaban J connectivity index is 2.62. The standard InChI is InChI=1S/C17H25N3O6S/c1-5-12(4)20-27(24,25)14-8-6-13(7-9-14)16(22)26-10-15(21)19-17(23)18-11(2)3/h6-9,11-12,20H,5,10H2,1-4H3,(H2,18,19,21,23). The van der Waals surface area contributed by atoms with E-state index in [0.29, 0.717) is 6.42 Å². The number of benzene rings is 1. The highest BCUT2D eigenvalue weighted by atomic mass is 32.2. The third-order valence-electron chi connectivity index (χ3n) is 3.38. The number of ether oxygens (including phenoxy) is 1. The van der Waals surface area contributed by atoms with Gasteiger partial charge in [0.25, 0.3) is 5.91 Å². The van der Waals surface area contributed by atoms with Crippen molar-refractivity contribution in [2.75, 3.05) is 6.61 Å². The Kier molecular flexibility index (Phi) is 8.38. The van der Waals surface area contributed by atoms with E-state index in [2.05, 4.69) is 10.0 Å². The van der Waals surface area contributed by atoms with Crippen molar-refractivity contribution < 1.29 is 27.5 Å². The Labute approximate surface area is 158 Å². The van der Waals surface area contributed by atoms with Crippen LogP contribution in [0.4, 0.5) is 4.79 Å². The zero-order valence-corrected chi connectivity index (χ0v) is 16.6. The van der Waals surface area contributed by atoms with Crippen LogP contribution in [-0.2, 0) is 19.6 Å². The molecule has 0 aliphatic heterocycles. The van der Waals surface area contributed by atoms with Gasteiger partial charge in [0.1, 0.15) is 0 Å². The number of amides is 3. The molecule has 3 N–H and O–H groups in total. The van der Waals surface area contributed by atoms with E-state index in [-0.39, 0.29) is 22.5 Å². The molecule has 1 rings (SSSR count). The second kappa shape index (κ2) is 10.0. The van der Waals surface area contributed by atoms with Crippen molar-refractivity contribution in [3.63, 3.8) is 0 Å². The number of nitrogens with one attached hydrogen (secondary N) is 3. The minimum absolute atomic E-state index is 0.0162. The lowest BCUT2D eigenvalue weighted by molar-refractivity contribution is -0.123. The van der Waals surface area contributed by atoms with E-state index in [1.54, 1.807) is 20.8 Å². The second-order valence-corrected chi connectivity index (χ2v) is 7.92. The van der Waals surface area contributed by atoms with Gasteiger partial charge in [0.15, 0.2) is 6.61 Å². The normalized spacial score (nSPS) is 12.3. The molecule has 0 aliphatic carbocycles. The average molecular weight is 399 g/mol. The van der Waals surface area contributed by atoms with Crippen molar-refractivity contribution in [3.05, 3.63) is 29.8 Å². The van der Waals surface area contributed by atoms with E-state index >= 15 is 0 Å². The lowest BCUT2D eigenvalue weighted by Gasteiger charge is -2.12. The van der Waals surface area contributed by atoms with Crippen molar-refractivity contribution in [2.45, 2.75) is 51.1 Å². The Morgan fingerprint density at radius 1 is 1.07 bits per heavy atom. The fraction of sp³-hybridized carbons (Fsp3) is 0.471. The highest BCUT2D eigenvalue weighted by Crippen LogP contribution is 2.12. The highest BCUT2D eigenvalue weighted by Gasteiger charge is 2.18. The Hall–Kier alpha value is -2.46. The maximum Gasteiger partial charge on any atom is 0.338 e. The van der Waals surface area contributed by atoms with Crippen LogP contribution in [0.15, 0.2) is 29.2 Å². The third kappa shape index (κ3) is 7.75. The van der Waals surface area contributed by atoms with Crippen molar-refractivity contribution >= 4 is 27.9 Å². The van der Waals surface area contributed by atoms with E-state index in [1.807, 2.05) is 12.2 Å². The molecule has 9 nitrogen and oxygen atoms in total. The molecule has 0 aliphatic rings. The number of rotatable bonds is 8. The SMILES string of the molecule is CCC(C)NS(=O)(=O)c1ccc(C(=O)OCC(=O)NC(=O)NC(C)C)cc1. The minimum Gasteiger partial charge on any atom is -0.452 e. The maximum absolute atomic E-state index is 12.2. The molecule has 1 aromatic carbocycles. The summed E-state index contributed by atoms with van der Waals surface area (Å²) in [6, 6.07) is 4.08. The summed E-state index contributed by atoms with van der Waals surface area (Å²) in [5, 5.41) is 4.47. The first-order valence-corrected chi connectivity index (χ1v) is 9.93. The molecule has 27 heavy (non-hydrogen) atoms. The summed E-state index contributed by atoms with van der Waals surface area (Å²) >= 11 is 0. The summed E-state index contributed by atoms with van der Waals surface area (Å²) in [4.78, 5) is 34.9. The third-order valence-corrected chi connectivity index (χ3v) is 4.98. The molecular formula is C17H25N3O6S. The van der Waals surface area contributed by atoms with Gasteiger partial charge in [-0.1, -0.05) is 6.92 Å². The second-order valence-electron chi connectivity index (χ2n) is 6.21. The van der Waals surface area contributed by atoms with Gasteiger partial charge in [-0.2, -0.15) is 0 Å². The van der Waals surface area contributed by atoms with Gasteiger partial charge < -0.3 is 10.1 Å². The number of hydrogen-bond donors (Lipinski definition) is 3. The molecule has 0 bridgehead atoms. The van der Waals surface area contributed by atoms with E-state index in [0.717, 1.165) is 0 Å². The van der Waals surface area contributed by atoms with Crippen molar-refractivity contribution in [1.82, 2.24) is 15.4 Å². The van der Waals surface area contributed by atoms with Gasteiger partial charge in [-0.3, -0.25) is 10.1 Å². The lowest BCUT2D eigenvalue weighted by atomic mass is 10.2. The summed E-state index contributed by atoms with van der Waals surface area (Å²) in [5.41, 5.74) is 0.0805. The van der Waals surface area contributed by atoms with Crippen LogP contribution < -0.4 is 15.4 Å². The number of carbonyl (C=O) groups excluding carboxylic acids is 3. The van der Waals surface area contributed by atoms with Crippen LogP contribution in [0, 0.1) is 0 Å². The molecule has 0 fully saturated rings. The van der Waals surface area contributed by atoms with E-state index in [4.69, 9.17) is 4.74 Å². The highest BCUT2D eigenvalue weighted by molar-refractivity contribution is 7.89. The number of esters is 1. The molecule has 0 spiro atoms. The summed E-state index contributed by atoms with van der Waals surface area (Å²) in [7, 11) is -3.67. The first-order chi connectivity index (χ1) is 12.5. The predicted octanol–water partition coefficient (Wildman–Crippen LogP) is 1.15. The van der Waals surface area contributed by atoms with Crippen LogP contribution in [-0.4, -0.2) is 45.0 Å². The fourth-order valence-corrected chi connectivity index (χ4v) is 3.19. The summed E-state index contributed by atoms with van der Waals surface area (Å²) in [6.45, 7) is 6.42. The number of carbonyl (C=O) groups is 3. The Morgan fingerprint density at radius 2 is 1.67 bits per heavy atom. The van der Waals surface area contributed by atoms with Gasteiger partial charge in [0.2, 0.25) is 10.0 Å². The van der Waals surface area contributed by atoms with Gasteiger partial charge in [0.05, 0.1) is 10.5 Å². The van der Waals surface area contributed by atoms with Gasteiger partial charge in [-0.05, 0) is 51.5 Å². The molecule has 1 unspecified atom stereocenters. The predicted molar refractivity (Wildman–Crippen MR) is 98.6 cm³/mol. The van der Waals surface area contributed by atoms with E-state index in [9.17, 15) is 22.8 Å². The number of sulfonamides is 1. The fourth-order valence-electron chi connectivity index (χ4n) is 1.86. The van der Waals surface area contributed by atoms with Crippen LogP contribution >= 0.6 is 0 Å². The minimum atomic E-state index is -3.67.